The van der Waals surface area contributed by atoms with Crippen molar-refractivity contribution in [1.82, 2.24) is 5.32 Å². The van der Waals surface area contributed by atoms with Gasteiger partial charge in [0, 0.05) is 30.4 Å². The van der Waals surface area contributed by atoms with E-state index in [0.29, 0.717) is 6.04 Å². The molecule has 2 unspecified atom stereocenters. The van der Waals surface area contributed by atoms with Gasteiger partial charge in [0.1, 0.15) is 5.75 Å². The summed E-state index contributed by atoms with van der Waals surface area (Å²) in [6.45, 7) is 6.84. The van der Waals surface area contributed by atoms with Crippen LogP contribution in [0.25, 0.3) is 0 Å². The molecule has 1 aliphatic heterocycles. The number of hydrogen-bond acceptors (Lipinski definition) is 3. The summed E-state index contributed by atoms with van der Waals surface area (Å²) in [5, 5.41) is 3.82. The molecule has 1 aromatic rings. The number of anilines is 1. The highest BCUT2D eigenvalue weighted by Crippen LogP contribution is 2.42. The first kappa shape index (κ1) is 15.2. The Labute approximate surface area is 136 Å². The van der Waals surface area contributed by atoms with Crippen LogP contribution in [-0.4, -0.2) is 31.8 Å². The van der Waals surface area contributed by atoms with Crippen molar-refractivity contribution in [3.8, 4) is 5.75 Å². The highest BCUT2D eigenvalue weighted by atomic mass is 79.9. The van der Waals surface area contributed by atoms with Crippen molar-refractivity contribution < 1.29 is 4.74 Å². The largest absolute Gasteiger partial charge is 0.496 e. The molecule has 1 saturated heterocycles. The lowest BCUT2D eigenvalue weighted by atomic mass is 9.90. The van der Waals surface area contributed by atoms with Gasteiger partial charge in [-0.1, -0.05) is 6.92 Å². The normalized spacial score (nSPS) is 29.5. The number of rotatable bonds is 4. The summed E-state index contributed by atoms with van der Waals surface area (Å²) in [5.74, 6) is 1.74. The number of halogens is 1. The Kier molecular flexibility index (Phi) is 4.19. The maximum absolute atomic E-state index is 5.35. The molecular formula is C17H25BrN2O. The van der Waals surface area contributed by atoms with Crippen molar-refractivity contribution in [2.75, 3.05) is 25.1 Å². The molecule has 2 aliphatic rings. The van der Waals surface area contributed by atoms with Crippen molar-refractivity contribution in [3.63, 3.8) is 0 Å². The molecule has 4 heteroatoms. The van der Waals surface area contributed by atoms with E-state index in [0.717, 1.165) is 35.7 Å². The fourth-order valence-electron chi connectivity index (χ4n) is 3.49. The van der Waals surface area contributed by atoms with Gasteiger partial charge in [0.25, 0.3) is 0 Å². The van der Waals surface area contributed by atoms with Crippen LogP contribution in [0.3, 0.4) is 0 Å². The second-order valence-electron chi connectivity index (χ2n) is 6.58. The Morgan fingerprint density at radius 2 is 2.19 bits per heavy atom. The maximum Gasteiger partial charge on any atom is 0.133 e. The molecule has 1 heterocycles. The van der Waals surface area contributed by atoms with Gasteiger partial charge in [-0.3, -0.25) is 0 Å². The Morgan fingerprint density at radius 1 is 1.43 bits per heavy atom. The van der Waals surface area contributed by atoms with Gasteiger partial charge in [0.2, 0.25) is 0 Å². The van der Waals surface area contributed by atoms with E-state index in [1.54, 1.807) is 7.11 Å². The van der Waals surface area contributed by atoms with Crippen LogP contribution < -0.4 is 15.0 Å². The molecule has 1 N–H and O–H groups in total. The molecule has 21 heavy (non-hydrogen) atoms. The minimum atomic E-state index is 0.262. The van der Waals surface area contributed by atoms with Crippen LogP contribution in [0.5, 0.6) is 5.75 Å². The molecular weight excluding hydrogens is 328 g/mol. The number of benzene rings is 1. The van der Waals surface area contributed by atoms with Gasteiger partial charge >= 0.3 is 0 Å². The summed E-state index contributed by atoms with van der Waals surface area (Å²) in [5.41, 5.74) is 1.56. The average Bonchev–Trinajstić information content (AvgIpc) is 3.32. The van der Waals surface area contributed by atoms with Crippen molar-refractivity contribution in [3.05, 3.63) is 22.7 Å². The van der Waals surface area contributed by atoms with E-state index in [1.165, 1.54) is 18.5 Å². The molecule has 1 aliphatic carbocycles. The third kappa shape index (κ3) is 2.93. The zero-order valence-corrected chi connectivity index (χ0v) is 14.7. The minimum Gasteiger partial charge on any atom is -0.496 e. The molecule has 3 nitrogen and oxygen atoms in total. The quantitative estimate of drug-likeness (QED) is 0.891. The molecule has 0 radical (unpaired) electrons. The number of nitrogens with one attached hydrogen (secondary N) is 1. The Bertz CT molecular complexity index is 518. The number of hydrogen-bond donors (Lipinski definition) is 1. The van der Waals surface area contributed by atoms with Crippen molar-refractivity contribution in [1.29, 1.82) is 0 Å². The number of nitrogens with zero attached hydrogens (tertiary/aromatic N) is 1. The first-order chi connectivity index (χ1) is 10.1. The summed E-state index contributed by atoms with van der Waals surface area (Å²) in [7, 11) is 1.71. The Morgan fingerprint density at radius 3 is 2.76 bits per heavy atom. The van der Waals surface area contributed by atoms with Gasteiger partial charge in [0.05, 0.1) is 11.6 Å². The van der Waals surface area contributed by atoms with Gasteiger partial charge in [-0.2, -0.15) is 0 Å². The van der Waals surface area contributed by atoms with Crippen LogP contribution in [0.15, 0.2) is 22.7 Å². The smallest absolute Gasteiger partial charge is 0.133 e. The Balaban J connectivity index is 1.87. The Hall–Kier alpha value is -0.740. The zero-order chi connectivity index (χ0) is 15.0. The van der Waals surface area contributed by atoms with E-state index in [9.17, 15) is 0 Å². The minimum absolute atomic E-state index is 0.262. The van der Waals surface area contributed by atoms with Gasteiger partial charge in [-0.15, -0.1) is 0 Å². The average molecular weight is 353 g/mol. The highest BCUT2D eigenvalue weighted by Gasteiger charge is 2.45. The van der Waals surface area contributed by atoms with Crippen molar-refractivity contribution in [2.24, 2.45) is 5.92 Å². The standard InChI is InChI=1S/C17H25BrN2O/c1-4-13-10-19-17(2,12-5-6-12)11-20(13)14-7-8-16(21-3)15(18)9-14/h7-9,12-13,19H,4-6,10-11H2,1-3H3. The summed E-state index contributed by atoms with van der Waals surface area (Å²) in [6.07, 6.45) is 3.91. The zero-order valence-electron chi connectivity index (χ0n) is 13.2. The fourth-order valence-corrected chi connectivity index (χ4v) is 4.02. The van der Waals surface area contributed by atoms with E-state index >= 15 is 0 Å². The lowest BCUT2D eigenvalue weighted by Crippen LogP contribution is -2.64. The van der Waals surface area contributed by atoms with Crippen molar-refractivity contribution >= 4 is 21.6 Å². The number of ether oxygens (including phenoxy) is 1. The highest BCUT2D eigenvalue weighted by molar-refractivity contribution is 9.10. The molecule has 2 fully saturated rings. The van der Waals surface area contributed by atoms with Gasteiger partial charge in [0.15, 0.2) is 0 Å². The van der Waals surface area contributed by atoms with Crippen LogP contribution in [0, 0.1) is 5.92 Å². The van der Waals surface area contributed by atoms with E-state index in [2.05, 4.69) is 58.2 Å². The molecule has 0 aromatic heterocycles. The van der Waals surface area contributed by atoms with Gasteiger partial charge in [-0.25, -0.2) is 0 Å². The molecule has 1 aromatic carbocycles. The predicted octanol–water partition coefficient (Wildman–Crippen LogP) is 3.81. The first-order valence-electron chi connectivity index (χ1n) is 7.92. The van der Waals surface area contributed by atoms with Gasteiger partial charge in [-0.05, 0) is 66.2 Å². The number of methoxy groups -OCH3 is 1. The van der Waals surface area contributed by atoms with Gasteiger partial charge < -0.3 is 15.0 Å². The van der Waals surface area contributed by atoms with Crippen LogP contribution >= 0.6 is 15.9 Å². The lowest BCUT2D eigenvalue weighted by molar-refractivity contribution is 0.252. The summed E-state index contributed by atoms with van der Waals surface area (Å²) in [4.78, 5) is 2.58. The maximum atomic E-state index is 5.35. The lowest BCUT2D eigenvalue weighted by Gasteiger charge is -2.48. The molecule has 0 bridgehead atoms. The third-order valence-corrected chi connectivity index (χ3v) is 5.72. The van der Waals surface area contributed by atoms with Crippen LogP contribution in [0.1, 0.15) is 33.1 Å². The van der Waals surface area contributed by atoms with E-state index in [4.69, 9.17) is 4.74 Å². The summed E-state index contributed by atoms with van der Waals surface area (Å²) < 4.78 is 6.38. The van der Waals surface area contributed by atoms with Crippen molar-refractivity contribution in [2.45, 2.75) is 44.7 Å². The van der Waals surface area contributed by atoms with E-state index in [1.807, 2.05) is 0 Å². The van der Waals surface area contributed by atoms with Crippen LogP contribution in [-0.2, 0) is 0 Å². The van der Waals surface area contributed by atoms with Crippen LogP contribution in [0.4, 0.5) is 5.69 Å². The molecule has 3 rings (SSSR count). The molecule has 2 atom stereocenters. The number of piperazine rings is 1. The monoisotopic (exact) mass is 352 g/mol. The third-order valence-electron chi connectivity index (χ3n) is 5.10. The molecule has 0 spiro atoms. The summed E-state index contributed by atoms with van der Waals surface area (Å²) >= 11 is 3.62. The fraction of sp³-hybridized carbons (Fsp3) is 0.647. The second-order valence-corrected chi connectivity index (χ2v) is 7.44. The topological polar surface area (TPSA) is 24.5 Å². The molecule has 116 valence electrons. The van der Waals surface area contributed by atoms with E-state index in [-0.39, 0.29) is 5.54 Å². The predicted molar refractivity (Wildman–Crippen MR) is 91.3 cm³/mol. The van der Waals surface area contributed by atoms with Crippen LogP contribution in [0.2, 0.25) is 0 Å². The SMILES string of the molecule is CCC1CNC(C)(C2CC2)CN1c1ccc(OC)c(Br)c1. The summed E-state index contributed by atoms with van der Waals surface area (Å²) in [6, 6.07) is 7.00. The first-order valence-corrected chi connectivity index (χ1v) is 8.72. The second kappa shape index (κ2) is 5.81. The molecule has 1 saturated carbocycles. The molecule has 0 amide bonds. The van der Waals surface area contributed by atoms with E-state index < -0.39 is 0 Å².